The molecule has 0 spiro atoms. The Morgan fingerprint density at radius 2 is 1.78 bits per heavy atom. The van der Waals surface area contributed by atoms with Crippen LogP contribution in [0.4, 0.5) is 5.69 Å². The number of ether oxygens (including phenoxy) is 1. The molecule has 0 atom stereocenters. The van der Waals surface area contributed by atoms with Crippen molar-refractivity contribution in [3.8, 4) is 0 Å². The molecule has 0 fully saturated rings. The zero-order chi connectivity index (χ0) is 13.8. The van der Waals surface area contributed by atoms with Gasteiger partial charge >= 0.3 is 5.97 Å². The summed E-state index contributed by atoms with van der Waals surface area (Å²) in [6.07, 6.45) is 0. The van der Waals surface area contributed by atoms with E-state index in [1.54, 1.807) is 45.0 Å². The maximum Gasteiger partial charge on any atom is 0.338 e. The SMILES string of the molecule is CC(C)(C)OC(=O)c1ccc(NC(=O)CCl)cc1. The molecular formula is C13H16ClNO3. The molecule has 1 N–H and O–H groups in total. The molecule has 5 heteroatoms. The Labute approximate surface area is 111 Å². The predicted octanol–water partition coefficient (Wildman–Crippen LogP) is 2.82. The highest BCUT2D eigenvalue weighted by atomic mass is 35.5. The van der Waals surface area contributed by atoms with E-state index in [-0.39, 0.29) is 11.8 Å². The Morgan fingerprint density at radius 1 is 1.22 bits per heavy atom. The molecule has 18 heavy (non-hydrogen) atoms. The normalized spacial score (nSPS) is 10.9. The fourth-order valence-corrected chi connectivity index (χ4v) is 1.29. The molecule has 0 bridgehead atoms. The van der Waals surface area contributed by atoms with E-state index in [0.717, 1.165) is 0 Å². The van der Waals surface area contributed by atoms with Crippen molar-refractivity contribution in [1.82, 2.24) is 0 Å². The average molecular weight is 270 g/mol. The Hall–Kier alpha value is -1.55. The van der Waals surface area contributed by atoms with Crippen molar-refractivity contribution in [2.24, 2.45) is 0 Å². The first-order chi connectivity index (χ1) is 8.31. The maximum atomic E-state index is 11.7. The molecule has 0 radical (unpaired) electrons. The summed E-state index contributed by atoms with van der Waals surface area (Å²) < 4.78 is 5.22. The van der Waals surface area contributed by atoms with Gasteiger partial charge in [-0.15, -0.1) is 11.6 Å². The lowest BCUT2D eigenvalue weighted by atomic mass is 10.1. The van der Waals surface area contributed by atoms with E-state index in [4.69, 9.17) is 16.3 Å². The molecule has 0 aliphatic heterocycles. The summed E-state index contributed by atoms with van der Waals surface area (Å²) in [6, 6.07) is 6.45. The summed E-state index contributed by atoms with van der Waals surface area (Å²) in [4.78, 5) is 22.8. The standard InChI is InChI=1S/C13H16ClNO3/c1-13(2,3)18-12(17)9-4-6-10(7-5-9)15-11(16)8-14/h4-7H,8H2,1-3H3,(H,15,16). The largest absolute Gasteiger partial charge is 0.456 e. The molecule has 1 aromatic rings. The molecular weight excluding hydrogens is 254 g/mol. The molecule has 1 rings (SSSR count). The first-order valence-corrected chi connectivity index (χ1v) is 6.04. The van der Waals surface area contributed by atoms with Gasteiger partial charge in [0.05, 0.1) is 5.56 Å². The van der Waals surface area contributed by atoms with Crippen LogP contribution in [0.2, 0.25) is 0 Å². The van der Waals surface area contributed by atoms with Gasteiger partial charge in [0.1, 0.15) is 11.5 Å². The first kappa shape index (κ1) is 14.5. The van der Waals surface area contributed by atoms with Crippen LogP contribution in [-0.4, -0.2) is 23.4 Å². The van der Waals surface area contributed by atoms with Gasteiger partial charge in [0, 0.05) is 5.69 Å². The topological polar surface area (TPSA) is 55.4 Å². The van der Waals surface area contributed by atoms with Crippen LogP contribution in [-0.2, 0) is 9.53 Å². The monoisotopic (exact) mass is 269 g/mol. The van der Waals surface area contributed by atoms with Crippen molar-refractivity contribution in [2.45, 2.75) is 26.4 Å². The predicted molar refractivity (Wildman–Crippen MR) is 71.0 cm³/mol. The van der Waals surface area contributed by atoms with Crippen molar-refractivity contribution in [3.05, 3.63) is 29.8 Å². The van der Waals surface area contributed by atoms with Crippen LogP contribution in [0.25, 0.3) is 0 Å². The summed E-state index contributed by atoms with van der Waals surface area (Å²) in [6.45, 7) is 5.42. The molecule has 1 aromatic carbocycles. The minimum atomic E-state index is -0.525. The lowest BCUT2D eigenvalue weighted by Gasteiger charge is -2.19. The van der Waals surface area contributed by atoms with Gasteiger partial charge in [0.2, 0.25) is 5.91 Å². The Balaban J connectivity index is 2.71. The van der Waals surface area contributed by atoms with Crippen molar-refractivity contribution < 1.29 is 14.3 Å². The molecule has 0 aromatic heterocycles. The van der Waals surface area contributed by atoms with Gasteiger partial charge in [-0.25, -0.2) is 4.79 Å². The lowest BCUT2D eigenvalue weighted by molar-refractivity contribution is -0.113. The number of anilines is 1. The van der Waals surface area contributed by atoms with E-state index in [1.807, 2.05) is 0 Å². The third-order valence-electron chi connectivity index (χ3n) is 1.92. The number of rotatable bonds is 3. The smallest absolute Gasteiger partial charge is 0.338 e. The second-order valence-electron chi connectivity index (χ2n) is 4.76. The highest BCUT2D eigenvalue weighted by Gasteiger charge is 2.17. The number of benzene rings is 1. The summed E-state index contributed by atoms with van der Waals surface area (Å²) in [5.41, 5.74) is 0.504. The van der Waals surface area contributed by atoms with E-state index in [1.165, 1.54) is 0 Å². The number of amides is 1. The van der Waals surface area contributed by atoms with Crippen LogP contribution in [0.3, 0.4) is 0 Å². The van der Waals surface area contributed by atoms with Gasteiger partial charge in [-0.05, 0) is 45.0 Å². The second-order valence-corrected chi connectivity index (χ2v) is 5.03. The number of hydrogen-bond acceptors (Lipinski definition) is 3. The number of carbonyl (C=O) groups excluding carboxylic acids is 2. The van der Waals surface area contributed by atoms with Crippen LogP contribution in [0, 0.1) is 0 Å². The van der Waals surface area contributed by atoms with Gasteiger partial charge in [0.15, 0.2) is 0 Å². The third-order valence-corrected chi connectivity index (χ3v) is 2.17. The highest BCUT2D eigenvalue weighted by Crippen LogP contribution is 2.14. The molecule has 0 aliphatic rings. The Kier molecular flexibility index (Phi) is 4.73. The van der Waals surface area contributed by atoms with Crippen LogP contribution >= 0.6 is 11.6 Å². The van der Waals surface area contributed by atoms with Crippen molar-refractivity contribution in [1.29, 1.82) is 0 Å². The fourth-order valence-electron chi connectivity index (χ4n) is 1.22. The minimum absolute atomic E-state index is 0.103. The molecule has 98 valence electrons. The van der Waals surface area contributed by atoms with Crippen LogP contribution in [0.15, 0.2) is 24.3 Å². The van der Waals surface area contributed by atoms with Gasteiger partial charge in [-0.1, -0.05) is 0 Å². The zero-order valence-corrected chi connectivity index (χ0v) is 11.4. The summed E-state index contributed by atoms with van der Waals surface area (Å²) >= 11 is 5.37. The Morgan fingerprint density at radius 3 is 2.22 bits per heavy atom. The fraction of sp³-hybridized carbons (Fsp3) is 0.385. The van der Waals surface area contributed by atoms with E-state index in [0.29, 0.717) is 11.3 Å². The second kappa shape index (κ2) is 5.87. The summed E-state index contributed by atoms with van der Waals surface area (Å²) in [5, 5.41) is 2.58. The molecule has 4 nitrogen and oxygen atoms in total. The maximum absolute atomic E-state index is 11.7. The van der Waals surface area contributed by atoms with E-state index in [9.17, 15) is 9.59 Å². The number of carbonyl (C=O) groups is 2. The zero-order valence-electron chi connectivity index (χ0n) is 10.6. The van der Waals surface area contributed by atoms with Crippen molar-refractivity contribution in [2.75, 3.05) is 11.2 Å². The van der Waals surface area contributed by atoms with E-state index in [2.05, 4.69) is 5.32 Å². The summed E-state index contributed by atoms with van der Waals surface area (Å²) in [7, 11) is 0. The molecule has 0 aliphatic carbocycles. The first-order valence-electron chi connectivity index (χ1n) is 5.51. The van der Waals surface area contributed by atoms with Gasteiger partial charge in [-0.3, -0.25) is 4.79 Å². The van der Waals surface area contributed by atoms with Crippen LogP contribution < -0.4 is 5.32 Å². The quantitative estimate of drug-likeness (QED) is 0.678. The summed E-state index contributed by atoms with van der Waals surface area (Å²) in [5.74, 6) is -0.784. The number of alkyl halides is 1. The average Bonchev–Trinajstić information content (AvgIpc) is 2.27. The number of halogens is 1. The minimum Gasteiger partial charge on any atom is -0.456 e. The van der Waals surface area contributed by atoms with E-state index < -0.39 is 11.6 Å². The molecule has 0 heterocycles. The number of esters is 1. The van der Waals surface area contributed by atoms with Crippen LogP contribution in [0.5, 0.6) is 0 Å². The van der Waals surface area contributed by atoms with Crippen LogP contribution in [0.1, 0.15) is 31.1 Å². The molecule has 1 amide bonds. The number of nitrogens with one attached hydrogen (secondary N) is 1. The van der Waals surface area contributed by atoms with Crippen molar-refractivity contribution in [3.63, 3.8) is 0 Å². The third kappa shape index (κ3) is 4.75. The Bertz CT molecular complexity index is 435. The van der Waals surface area contributed by atoms with Gasteiger partial charge in [0.25, 0.3) is 0 Å². The van der Waals surface area contributed by atoms with Gasteiger partial charge < -0.3 is 10.1 Å². The molecule has 0 saturated carbocycles. The van der Waals surface area contributed by atoms with Gasteiger partial charge in [-0.2, -0.15) is 0 Å². The highest BCUT2D eigenvalue weighted by molar-refractivity contribution is 6.29. The lowest BCUT2D eigenvalue weighted by Crippen LogP contribution is -2.23. The van der Waals surface area contributed by atoms with E-state index >= 15 is 0 Å². The molecule has 0 unspecified atom stereocenters. The number of hydrogen-bond donors (Lipinski definition) is 1. The van der Waals surface area contributed by atoms with Crippen molar-refractivity contribution >= 4 is 29.2 Å². The molecule has 0 saturated heterocycles.